The van der Waals surface area contributed by atoms with Crippen LogP contribution in [0.25, 0.3) is 0 Å². The molecule has 140 valence electrons. The van der Waals surface area contributed by atoms with E-state index in [4.69, 9.17) is 44.3 Å². The molecule has 0 aromatic heterocycles. The molecule has 0 aliphatic carbocycles. The Labute approximate surface area is 172 Å². The van der Waals surface area contributed by atoms with E-state index >= 15 is 0 Å². The maximum Gasteiger partial charge on any atom is 0.233 e. The van der Waals surface area contributed by atoms with Crippen molar-refractivity contribution in [2.45, 2.75) is 17.1 Å². The minimum absolute atomic E-state index is 0.0878. The molecule has 1 atom stereocenters. The standard InChI is InChI=1S/C18H18Cl3NO3S/c1-11(18(23)22-7-8-24-2)26-17-10-13(4-5-14(17)20)25-16-6-3-12(19)9-15(16)21/h3-6,9-11H,7-8H2,1-2H3,(H,22,23). The monoisotopic (exact) mass is 433 g/mol. The minimum Gasteiger partial charge on any atom is -0.456 e. The molecule has 2 rings (SSSR count). The zero-order valence-corrected chi connectivity index (χ0v) is 17.3. The van der Waals surface area contributed by atoms with Gasteiger partial charge < -0.3 is 14.8 Å². The van der Waals surface area contributed by atoms with Crippen molar-refractivity contribution in [2.75, 3.05) is 20.3 Å². The molecule has 0 heterocycles. The number of amides is 1. The lowest BCUT2D eigenvalue weighted by Gasteiger charge is -2.14. The zero-order chi connectivity index (χ0) is 19.1. The van der Waals surface area contributed by atoms with Crippen molar-refractivity contribution in [2.24, 2.45) is 0 Å². The number of carbonyl (C=O) groups is 1. The van der Waals surface area contributed by atoms with Crippen LogP contribution < -0.4 is 10.1 Å². The number of thioether (sulfide) groups is 1. The first-order chi connectivity index (χ1) is 12.4. The van der Waals surface area contributed by atoms with Gasteiger partial charge in [-0.3, -0.25) is 4.79 Å². The molecule has 0 aliphatic heterocycles. The van der Waals surface area contributed by atoms with Crippen molar-refractivity contribution >= 4 is 52.5 Å². The summed E-state index contributed by atoms with van der Waals surface area (Å²) in [5.41, 5.74) is 0. The second-order valence-electron chi connectivity index (χ2n) is 5.31. The smallest absolute Gasteiger partial charge is 0.233 e. The first-order valence-corrected chi connectivity index (χ1v) is 9.78. The summed E-state index contributed by atoms with van der Waals surface area (Å²) >= 11 is 19.6. The van der Waals surface area contributed by atoms with Crippen LogP contribution in [-0.2, 0) is 9.53 Å². The number of carbonyl (C=O) groups excluding carboxylic acids is 1. The van der Waals surface area contributed by atoms with Crippen LogP contribution in [0.2, 0.25) is 15.1 Å². The third-order valence-electron chi connectivity index (χ3n) is 3.30. The van der Waals surface area contributed by atoms with Gasteiger partial charge in [-0.05, 0) is 43.3 Å². The molecule has 1 N–H and O–H groups in total. The Bertz CT molecular complexity index is 773. The average molecular weight is 435 g/mol. The third kappa shape index (κ3) is 6.25. The van der Waals surface area contributed by atoms with Crippen molar-refractivity contribution < 1.29 is 14.3 Å². The zero-order valence-electron chi connectivity index (χ0n) is 14.2. The van der Waals surface area contributed by atoms with Crippen LogP contribution >= 0.6 is 46.6 Å². The first kappa shape index (κ1) is 21.2. The third-order valence-corrected chi connectivity index (χ3v) is 5.43. The summed E-state index contributed by atoms with van der Waals surface area (Å²) in [6.07, 6.45) is 0. The Morgan fingerprint density at radius 3 is 2.62 bits per heavy atom. The van der Waals surface area contributed by atoms with E-state index in [1.165, 1.54) is 11.8 Å². The second kappa shape index (κ2) is 10.3. The van der Waals surface area contributed by atoms with Gasteiger partial charge in [0.25, 0.3) is 0 Å². The number of nitrogens with one attached hydrogen (secondary N) is 1. The van der Waals surface area contributed by atoms with E-state index in [9.17, 15) is 4.79 Å². The summed E-state index contributed by atoms with van der Waals surface area (Å²) < 4.78 is 10.7. The van der Waals surface area contributed by atoms with Gasteiger partial charge in [0.15, 0.2) is 0 Å². The van der Waals surface area contributed by atoms with Gasteiger partial charge in [-0.2, -0.15) is 0 Å². The van der Waals surface area contributed by atoms with Crippen molar-refractivity contribution in [3.8, 4) is 11.5 Å². The maximum atomic E-state index is 12.1. The van der Waals surface area contributed by atoms with Gasteiger partial charge in [0.05, 0.1) is 21.9 Å². The molecule has 0 aliphatic rings. The fourth-order valence-corrected chi connectivity index (χ4v) is 3.62. The van der Waals surface area contributed by atoms with Crippen LogP contribution in [-0.4, -0.2) is 31.4 Å². The number of benzene rings is 2. The average Bonchev–Trinajstić information content (AvgIpc) is 2.60. The van der Waals surface area contributed by atoms with Gasteiger partial charge in [-0.15, -0.1) is 11.8 Å². The second-order valence-corrected chi connectivity index (χ2v) is 7.95. The topological polar surface area (TPSA) is 47.6 Å². The van der Waals surface area contributed by atoms with Crippen LogP contribution in [0.4, 0.5) is 0 Å². The van der Waals surface area contributed by atoms with E-state index in [0.717, 1.165) is 4.90 Å². The van der Waals surface area contributed by atoms with Crippen molar-refractivity contribution in [1.29, 1.82) is 0 Å². The van der Waals surface area contributed by atoms with Crippen LogP contribution in [0.1, 0.15) is 6.92 Å². The summed E-state index contributed by atoms with van der Waals surface area (Å²) in [7, 11) is 1.59. The molecule has 2 aromatic carbocycles. The van der Waals surface area contributed by atoms with Crippen molar-refractivity contribution in [3.63, 3.8) is 0 Å². The lowest BCUT2D eigenvalue weighted by Crippen LogP contribution is -2.33. The molecule has 0 radical (unpaired) electrons. The fourth-order valence-electron chi connectivity index (χ4n) is 1.99. The highest BCUT2D eigenvalue weighted by atomic mass is 35.5. The maximum absolute atomic E-state index is 12.1. The number of rotatable bonds is 8. The summed E-state index contributed by atoms with van der Waals surface area (Å²) in [6, 6.07) is 10.2. The molecule has 0 spiro atoms. The predicted octanol–water partition coefficient (Wildman–Crippen LogP) is 5.68. The minimum atomic E-state index is -0.321. The lowest BCUT2D eigenvalue weighted by atomic mass is 10.3. The quantitative estimate of drug-likeness (QED) is 0.429. The molecule has 0 saturated carbocycles. The van der Waals surface area contributed by atoms with E-state index in [1.807, 2.05) is 6.92 Å². The lowest BCUT2D eigenvalue weighted by molar-refractivity contribution is -0.120. The first-order valence-electron chi connectivity index (χ1n) is 7.76. The van der Waals surface area contributed by atoms with E-state index in [0.29, 0.717) is 39.7 Å². The Morgan fingerprint density at radius 1 is 1.15 bits per heavy atom. The molecule has 8 heteroatoms. The summed E-state index contributed by atoms with van der Waals surface area (Å²) in [5.74, 6) is 0.961. The van der Waals surface area contributed by atoms with Gasteiger partial charge in [0, 0.05) is 23.6 Å². The number of hydrogen-bond acceptors (Lipinski definition) is 4. The number of ether oxygens (including phenoxy) is 2. The summed E-state index contributed by atoms with van der Waals surface area (Å²) in [4.78, 5) is 12.8. The van der Waals surface area contributed by atoms with Crippen LogP contribution in [0.15, 0.2) is 41.3 Å². The van der Waals surface area contributed by atoms with E-state index in [2.05, 4.69) is 5.32 Å². The highest BCUT2D eigenvalue weighted by Gasteiger charge is 2.16. The molecule has 1 unspecified atom stereocenters. The Morgan fingerprint density at radius 2 is 1.92 bits per heavy atom. The summed E-state index contributed by atoms with van der Waals surface area (Å²) in [5, 5.41) is 3.96. The molecule has 0 saturated heterocycles. The molecular weight excluding hydrogens is 417 g/mol. The normalized spacial score (nSPS) is 11.9. The van der Waals surface area contributed by atoms with Crippen LogP contribution in [0.5, 0.6) is 11.5 Å². The molecular formula is C18H18Cl3NO3S. The van der Waals surface area contributed by atoms with Gasteiger partial charge in [0.1, 0.15) is 11.5 Å². The molecule has 0 bridgehead atoms. The predicted molar refractivity (Wildman–Crippen MR) is 108 cm³/mol. The highest BCUT2D eigenvalue weighted by molar-refractivity contribution is 8.00. The SMILES string of the molecule is COCCNC(=O)C(C)Sc1cc(Oc2ccc(Cl)cc2Cl)ccc1Cl. The van der Waals surface area contributed by atoms with Crippen LogP contribution in [0, 0.1) is 0 Å². The number of methoxy groups -OCH3 is 1. The largest absolute Gasteiger partial charge is 0.456 e. The van der Waals surface area contributed by atoms with Gasteiger partial charge in [-0.25, -0.2) is 0 Å². The molecule has 4 nitrogen and oxygen atoms in total. The van der Waals surface area contributed by atoms with Gasteiger partial charge in [0.2, 0.25) is 5.91 Å². The Hall–Kier alpha value is -1.11. The van der Waals surface area contributed by atoms with Crippen molar-refractivity contribution in [1.82, 2.24) is 5.32 Å². The van der Waals surface area contributed by atoms with Gasteiger partial charge >= 0.3 is 0 Å². The van der Waals surface area contributed by atoms with E-state index in [1.54, 1.807) is 43.5 Å². The molecule has 0 fully saturated rings. The molecule has 2 aromatic rings. The highest BCUT2D eigenvalue weighted by Crippen LogP contribution is 2.37. The number of hydrogen-bond donors (Lipinski definition) is 1. The van der Waals surface area contributed by atoms with Gasteiger partial charge in [-0.1, -0.05) is 34.8 Å². The molecule has 26 heavy (non-hydrogen) atoms. The van der Waals surface area contributed by atoms with Crippen LogP contribution in [0.3, 0.4) is 0 Å². The Balaban J connectivity index is 2.08. The molecule has 1 amide bonds. The van der Waals surface area contributed by atoms with Crippen molar-refractivity contribution in [3.05, 3.63) is 51.5 Å². The van der Waals surface area contributed by atoms with E-state index < -0.39 is 0 Å². The van der Waals surface area contributed by atoms with E-state index in [-0.39, 0.29) is 11.2 Å². The number of halogens is 3. The fraction of sp³-hybridized carbons (Fsp3) is 0.278. The Kier molecular flexibility index (Phi) is 8.38. The summed E-state index contributed by atoms with van der Waals surface area (Å²) in [6.45, 7) is 2.74.